The van der Waals surface area contributed by atoms with Gasteiger partial charge in [-0.15, -0.1) is 0 Å². The van der Waals surface area contributed by atoms with Crippen molar-refractivity contribution in [1.29, 1.82) is 0 Å². The lowest BCUT2D eigenvalue weighted by molar-refractivity contribution is -0.0639. The van der Waals surface area contributed by atoms with Gasteiger partial charge in [0.25, 0.3) is 0 Å². The molecular weight excluding hydrogens is 322 g/mol. The maximum atomic E-state index is 13.3. The topological polar surface area (TPSA) is 68.2 Å². The number of piperidine rings is 1. The summed E-state index contributed by atoms with van der Waals surface area (Å²) >= 11 is 0. The molecule has 1 spiro atoms. The highest BCUT2D eigenvalue weighted by Gasteiger charge is 2.68. The van der Waals surface area contributed by atoms with Crippen molar-refractivity contribution in [1.82, 2.24) is 4.90 Å². The van der Waals surface area contributed by atoms with Crippen LogP contribution in [-0.2, 0) is 10.2 Å². The number of aliphatic hydroxyl groups is 1. The van der Waals surface area contributed by atoms with Gasteiger partial charge >= 0.3 is 0 Å². The maximum Gasteiger partial charge on any atom is 0.180 e. The van der Waals surface area contributed by atoms with E-state index in [0.29, 0.717) is 22.8 Å². The molecule has 132 valence electrons. The van der Waals surface area contributed by atoms with Crippen molar-refractivity contribution >= 4 is 5.78 Å². The summed E-state index contributed by atoms with van der Waals surface area (Å²) in [5.74, 6) is 1.69. The highest BCUT2D eigenvalue weighted by molar-refractivity contribution is 6.05. The third kappa shape index (κ3) is 1.56. The fourth-order valence-corrected chi connectivity index (χ4v) is 5.54. The van der Waals surface area contributed by atoms with Gasteiger partial charge < -0.3 is 19.3 Å². The van der Waals surface area contributed by atoms with Crippen LogP contribution in [0.25, 0.3) is 0 Å². The second kappa shape index (κ2) is 4.77. The van der Waals surface area contributed by atoms with Crippen LogP contribution in [-0.4, -0.2) is 61.9 Å². The van der Waals surface area contributed by atoms with Crippen molar-refractivity contribution in [2.24, 2.45) is 5.92 Å². The van der Waals surface area contributed by atoms with E-state index in [9.17, 15) is 9.90 Å². The molecule has 4 aliphatic rings. The van der Waals surface area contributed by atoms with Crippen LogP contribution >= 0.6 is 0 Å². The van der Waals surface area contributed by atoms with Crippen molar-refractivity contribution in [2.45, 2.75) is 30.1 Å². The van der Waals surface area contributed by atoms with Crippen molar-refractivity contribution in [3.05, 3.63) is 35.1 Å². The number of likely N-dealkylation sites (tertiary alicyclic amines) is 1. The summed E-state index contributed by atoms with van der Waals surface area (Å²) in [5, 5.41) is 10.9. The number of hydrogen-bond acceptors (Lipinski definition) is 6. The Kier molecular flexibility index (Phi) is 2.90. The molecular formula is C19H21NO5. The van der Waals surface area contributed by atoms with E-state index >= 15 is 0 Å². The van der Waals surface area contributed by atoms with Gasteiger partial charge in [-0.3, -0.25) is 9.69 Å². The molecule has 0 radical (unpaired) electrons. The molecule has 1 aromatic carbocycles. The zero-order chi connectivity index (χ0) is 17.5. The van der Waals surface area contributed by atoms with Gasteiger partial charge in [0.05, 0.1) is 31.8 Å². The molecule has 1 unspecified atom stereocenters. The fraction of sp³-hybridized carbons (Fsp3) is 0.526. The van der Waals surface area contributed by atoms with Crippen molar-refractivity contribution in [3.8, 4) is 11.5 Å². The highest BCUT2D eigenvalue weighted by atomic mass is 16.6. The molecule has 0 amide bonds. The maximum absolute atomic E-state index is 13.3. The Labute approximate surface area is 146 Å². The number of aliphatic hydroxyl groups excluding tert-OH is 1. The number of ketones is 1. The van der Waals surface area contributed by atoms with Crippen LogP contribution in [0.3, 0.4) is 0 Å². The average Bonchev–Trinajstić information content (AvgIpc) is 2.96. The van der Waals surface area contributed by atoms with Gasteiger partial charge in [0, 0.05) is 17.0 Å². The molecule has 6 heteroatoms. The number of carbonyl (C=O) groups excluding carboxylic acids is 1. The van der Waals surface area contributed by atoms with Crippen LogP contribution in [0, 0.1) is 5.92 Å². The first kappa shape index (κ1) is 15.2. The minimum Gasteiger partial charge on any atom is -0.497 e. The molecule has 2 bridgehead atoms. The second-order valence-electron chi connectivity index (χ2n) is 7.39. The lowest BCUT2D eigenvalue weighted by Crippen LogP contribution is -2.68. The monoisotopic (exact) mass is 343 g/mol. The predicted molar refractivity (Wildman–Crippen MR) is 89.0 cm³/mol. The summed E-state index contributed by atoms with van der Waals surface area (Å²) in [5.41, 5.74) is 1.14. The first-order valence-corrected chi connectivity index (χ1v) is 8.61. The first-order chi connectivity index (χ1) is 12.0. The van der Waals surface area contributed by atoms with Gasteiger partial charge in [-0.25, -0.2) is 0 Å². The smallest absolute Gasteiger partial charge is 0.180 e. The SMILES string of the molecule is COC1=C[C@H](O)C2[C@H]3C(=O)c4ccc(OC)c5c4[C@@]2(CCN3C)[C@H]1O5. The molecule has 25 heavy (non-hydrogen) atoms. The lowest BCUT2D eigenvalue weighted by atomic mass is 9.52. The van der Waals surface area contributed by atoms with Gasteiger partial charge in [0.2, 0.25) is 0 Å². The molecule has 0 aromatic heterocycles. The van der Waals surface area contributed by atoms with Crippen LogP contribution in [0.5, 0.6) is 11.5 Å². The Hall–Kier alpha value is -2.05. The molecule has 2 aliphatic carbocycles. The number of hydrogen-bond donors (Lipinski definition) is 1. The van der Waals surface area contributed by atoms with Gasteiger partial charge in [0.1, 0.15) is 5.76 Å². The number of rotatable bonds is 2. The summed E-state index contributed by atoms with van der Waals surface area (Å²) in [6.45, 7) is 0.770. The minimum atomic E-state index is -0.753. The third-order valence-corrected chi connectivity index (χ3v) is 6.53. The van der Waals surface area contributed by atoms with Gasteiger partial charge in [-0.1, -0.05) is 0 Å². The molecule has 1 aromatic rings. The first-order valence-electron chi connectivity index (χ1n) is 8.61. The lowest BCUT2D eigenvalue weighted by Gasteiger charge is -2.56. The van der Waals surface area contributed by atoms with E-state index in [1.807, 2.05) is 13.1 Å². The highest BCUT2D eigenvalue weighted by Crippen LogP contribution is 2.63. The number of methoxy groups -OCH3 is 2. The van der Waals surface area contributed by atoms with E-state index in [1.165, 1.54) is 0 Å². The largest absolute Gasteiger partial charge is 0.497 e. The Bertz CT molecular complexity index is 818. The van der Waals surface area contributed by atoms with E-state index in [1.54, 1.807) is 26.4 Å². The Morgan fingerprint density at radius 3 is 2.84 bits per heavy atom. The van der Waals surface area contributed by atoms with Gasteiger partial charge in [0.15, 0.2) is 23.4 Å². The number of ether oxygens (including phenoxy) is 3. The Balaban J connectivity index is 1.87. The summed E-state index contributed by atoms with van der Waals surface area (Å²) < 4.78 is 17.4. The normalized spacial score (nSPS) is 37.9. The average molecular weight is 343 g/mol. The summed E-state index contributed by atoms with van der Waals surface area (Å²) in [6.07, 6.45) is 1.42. The van der Waals surface area contributed by atoms with E-state index in [-0.39, 0.29) is 23.8 Å². The zero-order valence-corrected chi connectivity index (χ0v) is 14.5. The van der Waals surface area contributed by atoms with E-state index in [4.69, 9.17) is 14.2 Å². The predicted octanol–water partition coefficient (Wildman–Crippen LogP) is 1.12. The van der Waals surface area contributed by atoms with Crippen LogP contribution < -0.4 is 9.47 Å². The van der Waals surface area contributed by atoms with Crippen LogP contribution in [0.4, 0.5) is 0 Å². The molecule has 6 nitrogen and oxygen atoms in total. The Morgan fingerprint density at radius 2 is 2.12 bits per heavy atom. The van der Waals surface area contributed by atoms with Crippen molar-refractivity contribution in [3.63, 3.8) is 0 Å². The second-order valence-corrected chi connectivity index (χ2v) is 7.39. The van der Waals surface area contributed by atoms with E-state index in [2.05, 4.69) is 4.90 Å². The summed E-state index contributed by atoms with van der Waals surface area (Å²) in [6, 6.07) is 3.28. The summed E-state index contributed by atoms with van der Waals surface area (Å²) in [7, 11) is 5.15. The van der Waals surface area contributed by atoms with Crippen LogP contribution in [0.2, 0.25) is 0 Å². The molecule has 1 saturated heterocycles. The van der Waals surface area contributed by atoms with Crippen molar-refractivity contribution in [2.75, 3.05) is 27.8 Å². The fourth-order valence-electron chi connectivity index (χ4n) is 5.54. The van der Waals surface area contributed by atoms with Crippen molar-refractivity contribution < 1.29 is 24.1 Å². The molecule has 5 rings (SSSR count). The quantitative estimate of drug-likeness (QED) is 0.868. The van der Waals surface area contributed by atoms with Crippen LogP contribution in [0.15, 0.2) is 24.0 Å². The number of nitrogens with zero attached hydrogens (tertiary/aromatic N) is 1. The molecule has 2 aliphatic heterocycles. The van der Waals surface area contributed by atoms with E-state index in [0.717, 1.165) is 18.5 Å². The summed E-state index contributed by atoms with van der Waals surface area (Å²) in [4.78, 5) is 15.3. The molecule has 5 atom stereocenters. The molecule has 1 fully saturated rings. The number of Topliss-reactive ketones (excluding diaryl/α,β-unsaturated/α-hetero) is 1. The molecule has 1 N–H and O–H groups in total. The number of carbonyl (C=O) groups is 1. The van der Waals surface area contributed by atoms with Gasteiger partial charge in [-0.2, -0.15) is 0 Å². The number of likely N-dealkylation sites (N-methyl/N-ethyl adjacent to an activating group) is 1. The van der Waals surface area contributed by atoms with Crippen LogP contribution in [0.1, 0.15) is 22.3 Å². The number of benzene rings is 1. The van der Waals surface area contributed by atoms with Gasteiger partial charge in [-0.05, 0) is 38.2 Å². The molecule has 0 saturated carbocycles. The van der Waals surface area contributed by atoms with E-state index < -0.39 is 11.5 Å². The molecule has 2 heterocycles. The standard InChI is InChI=1S/C19H21NO5/c1-20-7-6-19-13-9-4-5-11(23-2)17(13)25-18(19)12(24-3)8-10(21)14(19)15(20)16(9)22/h4-5,8,10,14-15,18,21H,6-7H2,1-3H3/t10-,14?,15-,18-,19+/m0/s1. The Morgan fingerprint density at radius 1 is 1.32 bits per heavy atom. The minimum absolute atomic E-state index is 0.0549. The third-order valence-electron chi connectivity index (χ3n) is 6.53. The zero-order valence-electron chi connectivity index (χ0n) is 14.5.